The quantitative estimate of drug-likeness (QED) is 0.678. The Bertz CT molecular complexity index is 712. The predicted octanol–water partition coefficient (Wildman–Crippen LogP) is 4.14. The van der Waals surface area contributed by atoms with E-state index in [0.717, 1.165) is 27.7 Å². The Morgan fingerprint density at radius 1 is 0.905 bits per heavy atom. The zero-order chi connectivity index (χ0) is 14.5. The van der Waals surface area contributed by atoms with Crippen molar-refractivity contribution in [1.29, 1.82) is 0 Å². The van der Waals surface area contributed by atoms with Gasteiger partial charge in [-0.05, 0) is 36.8 Å². The van der Waals surface area contributed by atoms with E-state index in [-0.39, 0.29) is 0 Å². The normalized spacial score (nSPS) is 10.5. The Morgan fingerprint density at radius 3 is 2.48 bits per heavy atom. The van der Waals surface area contributed by atoms with Gasteiger partial charge >= 0.3 is 0 Å². The van der Waals surface area contributed by atoms with Gasteiger partial charge in [0.25, 0.3) is 0 Å². The van der Waals surface area contributed by atoms with Crippen molar-refractivity contribution in [2.45, 2.75) is 17.7 Å². The summed E-state index contributed by atoms with van der Waals surface area (Å²) in [5.74, 6) is 0.805. The first-order valence-corrected chi connectivity index (χ1v) is 7.74. The number of nitrogens with zero attached hydrogens (tertiary/aromatic N) is 3. The molecule has 104 valence electrons. The number of hydrogen-bond donors (Lipinski definition) is 0. The third kappa shape index (κ3) is 3.47. The molecule has 0 aliphatic heterocycles. The highest BCUT2D eigenvalue weighted by molar-refractivity contribution is 7.98. The van der Waals surface area contributed by atoms with Gasteiger partial charge < -0.3 is 0 Å². The molecule has 3 nitrogen and oxygen atoms in total. The van der Waals surface area contributed by atoms with Crippen molar-refractivity contribution in [2.24, 2.45) is 0 Å². The molecule has 3 rings (SSSR count). The van der Waals surface area contributed by atoms with Crippen molar-refractivity contribution in [1.82, 2.24) is 15.2 Å². The minimum atomic E-state index is 0.805. The lowest BCUT2D eigenvalue weighted by molar-refractivity contribution is 0.933. The second-order valence-electron chi connectivity index (χ2n) is 4.68. The van der Waals surface area contributed by atoms with Crippen LogP contribution in [0.3, 0.4) is 0 Å². The smallest absolute Gasteiger partial charge is 0.119 e. The third-order valence-corrected chi connectivity index (χ3v) is 4.11. The lowest BCUT2D eigenvalue weighted by Gasteiger charge is -2.05. The Hall–Kier alpha value is -2.20. The Kier molecular flexibility index (Phi) is 4.26. The van der Waals surface area contributed by atoms with Gasteiger partial charge in [0.05, 0.1) is 11.4 Å². The van der Waals surface area contributed by atoms with Crippen LogP contribution >= 0.6 is 11.8 Å². The first kappa shape index (κ1) is 13.8. The monoisotopic (exact) mass is 293 g/mol. The van der Waals surface area contributed by atoms with Gasteiger partial charge in [-0.15, -0.1) is 10.2 Å². The summed E-state index contributed by atoms with van der Waals surface area (Å²) < 4.78 is 0. The van der Waals surface area contributed by atoms with Gasteiger partial charge in [-0.25, -0.2) is 0 Å². The molecule has 2 heterocycles. The number of aryl methyl sites for hydroxylation is 1. The van der Waals surface area contributed by atoms with Crippen molar-refractivity contribution in [3.63, 3.8) is 0 Å². The second-order valence-corrected chi connectivity index (χ2v) is 5.68. The topological polar surface area (TPSA) is 38.7 Å². The number of aromatic nitrogens is 3. The fourth-order valence-electron chi connectivity index (χ4n) is 2.03. The van der Waals surface area contributed by atoms with E-state index in [4.69, 9.17) is 0 Å². The largest absolute Gasteiger partial charge is 0.260 e. The molecule has 0 spiro atoms. The van der Waals surface area contributed by atoms with Crippen LogP contribution in [-0.2, 0) is 5.75 Å². The molecular weight excluding hydrogens is 278 g/mol. The van der Waals surface area contributed by atoms with Gasteiger partial charge in [-0.2, -0.15) is 0 Å². The summed E-state index contributed by atoms with van der Waals surface area (Å²) in [6, 6.07) is 18.2. The molecule has 3 aromatic rings. The third-order valence-electron chi connectivity index (χ3n) is 3.16. The Morgan fingerprint density at radius 2 is 1.76 bits per heavy atom. The predicted molar refractivity (Wildman–Crippen MR) is 86.0 cm³/mol. The molecular formula is C17H15N3S. The van der Waals surface area contributed by atoms with E-state index in [2.05, 4.69) is 34.2 Å². The van der Waals surface area contributed by atoms with Crippen LogP contribution in [0.2, 0.25) is 0 Å². The molecule has 4 heteroatoms. The molecule has 0 atom stereocenters. The molecule has 0 amide bonds. The summed E-state index contributed by atoms with van der Waals surface area (Å²) in [5, 5.41) is 9.54. The summed E-state index contributed by atoms with van der Waals surface area (Å²) in [5.41, 5.74) is 4.30. The molecule has 1 aromatic carbocycles. The van der Waals surface area contributed by atoms with Crippen molar-refractivity contribution >= 4 is 11.8 Å². The number of hydrogen-bond acceptors (Lipinski definition) is 4. The van der Waals surface area contributed by atoms with E-state index < -0.39 is 0 Å². The Labute approximate surface area is 128 Å². The molecule has 0 N–H and O–H groups in total. The van der Waals surface area contributed by atoms with Crippen molar-refractivity contribution < 1.29 is 0 Å². The molecule has 0 unspecified atom stereocenters. The van der Waals surface area contributed by atoms with Crippen molar-refractivity contribution in [3.8, 4) is 11.3 Å². The van der Waals surface area contributed by atoms with Crippen LogP contribution in [-0.4, -0.2) is 15.2 Å². The Balaban J connectivity index is 1.71. The molecule has 2 aromatic heterocycles. The lowest BCUT2D eigenvalue weighted by Crippen LogP contribution is -1.92. The summed E-state index contributed by atoms with van der Waals surface area (Å²) in [6.07, 6.45) is 1.81. The minimum absolute atomic E-state index is 0.805. The molecule has 0 radical (unpaired) electrons. The van der Waals surface area contributed by atoms with Gasteiger partial charge in [0, 0.05) is 17.5 Å². The maximum Gasteiger partial charge on any atom is 0.119 e. The molecule has 0 bridgehead atoms. The van der Waals surface area contributed by atoms with Crippen LogP contribution in [0.15, 0.2) is 65.8 Å². The molecule has 0 aliphatic rings. The van der Waals surface area contributed by atoms with Gasteiger partial charge in [0.2, 0.25) is 0 Å². The van der Waals surface area contributed by atoms with Gasteiger partial charge in [0.1, 0.15) is 5.03 Å². The van der Waals surface area contributed by atoms with Crippen LogP contribution in [0.1, 0.15) is 11.3 Å². The van der Waals surface area contributed by atoms with Crippen LogP contribution in [0, 0.1) is 6.92 Å². The second kappa shape index (κ2) is 6.50. The van der Waals surface area contributed by atoms with E-state index in [1.165, 1.54) is 5.56 Å². The van der Waals surface area contributed by atoms with Gasteiger partial charge in [0.15, 0.2) is 0 Å². The summed E-state index contributed by atoms with van der Waals surface area (Å²) in [6.45, 7) is 2.08. The SMILES string of the molecule is Cc1ccccc1-c1ccc(SCc2ccccn2)nn1. The van der Waals surface area contributed by atoms with Crippen molar-refractivity contribution in [3.05, 3.63) is 72.1 Å². The van der Waals surface area contributed by atoms with Crippen LogP contribution in [0.5, 0.6) is 0 Å². The average Bonchev–Trinajstić information content (AvgIpc) is 2.55. The highest BCUT2D eigenvalue weighted by Crippen LogP contribution is 2.23. The molecule has 0 fully saturated rings. The maximum atomic E-state index is 4.33. The fourth-order valence-corrected chi connectivity index (χ4v) is 2.76. The zero-order valence-corrected chi connectivity index (χ0v) is 12.5. The summed E-state index contributed by atoms with van der Waals surface area (Å²) >= 11 is 1.65. The first-order chi connectivity index (χ1) is 10.3. The van der Waals surface area contributed by atoms with Gasteiger partial charge in [-0.3, -0.25) is 4.98 Å². The van der Waals surface area contributed by atoms with E-state index in [9.17, 15) is 0 Å². The number of benzene rings is 1. The maximum absolute atomic E-state index is 4.33. The number of thioether (sulfide) groups is 1. The van der Waals surface area contributed by atoms with Crippen molar-refractivity contribution in [2.75, 3.05) is 0 Å². The van der Waals surface area contributed by atoms with E-state index in [0.29, 0.717) is 0 Å². The van der Waals surface area contributed by atoms with Crippen LogP contribution < -0.4 is 0 Å². The number of rotatable bonds is 4. The van der Waals surface area contributed by atoms with E-state index in [1.54, 1.807) is 11.8 Å². The highest BCUT2D eigenvalue weighted by atomic mass is 32.2. The first-order valence-electron chi connectivity index (χ1n) is 6.75. The molecule has 0 aliphatic carbocycles. The molecule has 0 saturated heterocycles. The van der Waals surface area contributed by atoms with E-state index in [1.807, 2.05) is 48.7 Å². The summed E-state index contributed by atoms with van der Waals surface area (Å²) in [4.78, 5) is 4.30. The average molecular weight is 293 g/mol. The van der Waals surface area contributed by atoms with E-state index >= 15 is 0 Å². The van der Waals surface area contributed by atoms with Crippen LogP contribution in [0.25, 0.3) is 11.3 Å². The lowest BCUT2D eigenvalue weighted by atomic mass is 10.1. The minimum Gasteiger partial charge on any atom is -0.260 e. The molecule has 21 heavy (non-hydrogen) atoms. The van der Waals surface area contributed by atoms with Crippen LogP contribution in [0.4, 0.5) is 0 Å². The van der Waals surface area contributed by atoms with Gasteiger partial charge in [-0.1, -0.05) is 42.1 Å². The summed E-state index contributed by atoms with van der Waals surface area (Å²) in [7, 11) is 0. The zero-order valence-electron chi connectivity index (χ0n) is 11.7. The highest BCUT2D eigenvalue weighted by Gasteiger charge is 2.04. The fraction of sp³-hybridized carbons (Fsp3) is 0.118. The standard InChI is InChI=1S/C17H15N3S/c1-13-6-2-3-8-15(13)16-9-10-17(20-19-16)21-12-14-7-4-5-11-18-14/h2-11H,12H2,1H3. The number of pyridine rings is 1. The molecule has 0 saturated carbocycles.